The summed E-state index contributed by atoms with van der Waals surface area (Å²) < 4.78 is 35.5. The number of benzene rings is 2. The van der Waals surface area contributed by atoms with E-state index in [1.807, 2.05) is 32.0 Å². The van der Waals surface area contributed by atoms with Crippen molar-refractivity contribution in [2.24, 2.45) is 17.8 Å². The molecule has 1 amide bonds. The smallest absolute Gasteiger partial charge is 0.264 e. The van der Waals surface area contributed by atoms with E-state index in [-0.39, 0.29) is 17.9 Å². The molecule has 0 unspecified atom stereocenters. The summed E-state index contributed by atoms with van der Waals surface area (Å²) >= 11 is 6.30. The van der Waals surface area contributed by atoms with Gasteiger partial charge in [-0.15, -0.1) is 0 Å². The zero-order valence-electron chi connectivity index (χ0n) is 24.1. The van der Waals surface area contributed by atoms with Crippen molar-refractivity contribution in [1.29, 1.82) is 0 Å². The molecule has 2 aromatic rings. The van der Waals surface area contributed by atoms with Gasteiger partial charge in [0.25, 0.3) is 5.91 Å². The molecular formula is C32H43ClN2O5S. The van der Waals surface area contributed by atoms with Gasteiger partial charge in [0.05, 0.1) is 17.0 Å². The van der Waals surface area contributed by atoms with Gasteiger partial charge in [0, 0.05) is 23.7 Å². The van der Waals surface area contributed by atoms with Crippen molar-refractivity contribution in [3.8, 4) is 5.75 Å². The molecule has 4 atom stereocenters. The van der Waals surface area contributed by atoms with Crippen LogP contribution in [-0.2, 0) is 23.1 Å². The molecule has 41 heavy (non-hydrogen) atoms. The van der Waals surface area contributed by atoms with Crippen LogP contribution in [0.3, 0.4) is 0 Å². The highest BCUT2D eigenvalue weighted by Gasteiger charge is 2.38. The van der Waals surface area contributed by atoms with E-state index in [9.17, 15) is 18.3 Å². The average Bonchev–Trinajstić information content (AvgIpc) is 2.93. The van der Waals surface area contributed by atoms with Crippen molar-refractivity contribution in [1.82, 2.24) is 4.72 Å². The predicted molar refractivity (Wildman–Crippen MR) is 163 cm³/mol. The molecule has 2 heterocycles. The summed E-state index contributed by atoms with van der Waals surface area (Å²) in [5, 5.41) is 11.1. The number of halogens is 1. The van der Waals surface area contributed by atoms with Crippen molar-refractivity contribution >= 4 is 33.2 Å². The molecule has 5 rings (SSSR count). The molecule has 2 bridgehead atoms. The third-order valence-electron chi connectivity index (χ3n) is 9.28. The van der Waals surface area contributed by atoms with Gasteiger partial charge in [-0.05, 0) is 104 Å². The third-order valence-corrected chi connectivity index (χ3v) is 11.6. The molecule has 0 aromatic heterocycles. The first kappa shape index (κ1) is 30.2. The van der Waals surface area contributed by atoms with Crippen molar-refractivity contribution in [2.45, 2.75) is 89.6 Å². The molecule has 2 N–H and O–H groups in total. The van der Waals surface area contributed by atoms with E-state index in [0.717, 1.165) is 62.9 Å². The number of anilines is 1. The van der Waals surface area contributed by atoms with Gasteiger partial charge in [-0.1, -0.05) is 44.4 Å². The fourth-order valence-electron chi connectivity index (χ4n) is 6.71. The lowest BCUT2D eigenvalue weighted by atomic mass is 9.69. The Morgan fingerprint density at radius 3 is 2.56 bits per heavy atom. The van der Waals surface area contributed by atoms with Crippen LogP contribution in [0.15, 0.2) is 36.4 Å². The Morgan fingerprint density at radius 1 is 1.00 bits per heavy atom. The zero-order valence-corrected chi connectivity index (χ0v) is 25.7. The van der Waals surface area contributed by atoms with Gasteiger partial charge in [-0.2, -0.15) is 0 Å². The normalized spacial score (nSPS) is 27.3. The molecule has 1 aliphatic carbocycles. The molecular weight excluding hydrogens is 560 g/mol. The fourth-order valence-corrected chi connectivity index (χ4v) is 8.63. The molecule has 0 spiro atoms. The molecule has 2 aliphatic heterocycles. The average molecular weight is 603 g/mol. The maximum Gasteiger partial charge on any atom is 0.264 e. The van der Waals surface area contributed by atoms with Crippen LogP contribution in [-0.4, -0.2) is 43.9 Å². The summed E-state index contributed by atoms with van der Waals surface area (Å²) in [5.74, 6) is 0.483. The topological polar surface area (TPSA) is 95.9 Å². The lowest BCUT2D eigenvalue weighted by Gasteiger charge is -2.43. The van der Waals surface area contributed by atoms with Crippen LogP contribution in [0.5, 0.6) is 5.75 Å². The second-order valence-corrected chi connectivity index (χ2v) is 14.7. The van der Waals surface area contributed by atoms with E-state index in [4.69, 9.17) is 16.3 Å². The Kier molecular flexibility index (Phi) is 9.51. The van der Waals surface area contributed by atoms with Gasteiger partial charge in [0.1, 0.15) is 12.4 Å². The maximum absolute atomic E-state index is 13.4. The SMILES string of the molecule is CC(C)[C@H]1CCCC[C@@H](O)[C@@H]2CC[C@H]2CN2CCCCc3cc(Cl)ccc3COc3ccc(cc32)C(=O)NS1(=O)=O. The third kappa shape index (κ3) is 7.03. The van der Waals surface area contributed by atoms with E-state index in [0.29, 0.717) is 48.1 Å². The van der Waals surface area contributed by atoms with Gasteiger partial charge < -0.3 is 14.7 Å². The van der Waals surface area contributed by atoms with Gasteiger partial charge in [-0.3, -0.25) is 4.79 Å². The van der Waals surface area contributed by atoms with Crippen molar-refractivity contribution in [3.05, 3.63) is 58.1 Å². The summed E-state index contributed by atoms with van der Waals surface area (Å²) in [5.41, 5.74) is 3.35. The number of aliphatic hydroxyl groups excluding tert-OH is 1. The number of aliphatic hydroxyl groups is 1. The number of ether oxygens (including phenoxy) is 1. The number of nitrogens with zero attached hydrogens (tertiary/aromatic N) is 1. The summed E-state index contributed by atoms with van der Waals surface area (Å²) in [6, 6.07) is 11.1. The number of hydrogen-bond acceptors (Lipinski definition) is 6. The van der Waals surface area contributed by atoms with Crippen LogP contribution in [0, 0.1) is 17.8 Å². The van der Waals surface area contributed by atoms with Crippen LogP contribution < -0.4 is 14.4 Å². The molecule has 1 saturated carbocycles. The van der Waals surface area contributed by atoms with Gasteiger partial charge in [0.2, 0.25) is 10.0 Å². The Hall–Kier alpha value is -2.29. The monoisotopic (exact) mass is 602 g/mol. The Labute approximate surface area is 249 Å². The van der Waals surface area contributed by atoms with E-state index in [2.05, 4.69) is 9.62 Å². The predicted octanol–water partition coefficient (Wildman–Crippen LogP) is 6.11. The van der Waals surface area contributed by atoms with Crippen LogP contribution in [0.4, 0.5) is 5.69 Å². The number of sulfonamides is 1. The highest BCUT2D eigenvalue weighted by atomic mass is 35.5. The molecule has 3 aliphatic rings. The fraction of sp³-hybridized carbons (Fsp3) is 0.594. The minimum Gasteiger partial charge on any atom is -0.487 e. The number of nitrogens with one attached hydrogen (secondary N) is 1. The largest absolute Gasteiger partial charge is 0.487 e. The Balaban J connectivity index is 1.52. The van der Waals surface area contributed by atoms with Crippen molar-refractivity contribution in [3.63, 3.8) is 0 Å². The van der Waals surface area contributed by atoms with Crippen LogP contribution in [0.1, 0.15) is 86.7 Å². The van der Waals surface area contributed by atoms with E-state index in [1.54, 1.807) is 18.2 Å². The van der Waals surface area contributed by atoms with Gasteiger partial charge in [-0.25, -0.2) is 13.1 Å². The first-order valence-corrected chi connectivity index (χ1v) is 17.1. The summed E-state index contributed by atoms with van der Waals surface area (Å²) in [4.78, 5) is 15.7. The second kappa shape index (κ2) is 12.9. The summed E-state index contributed by atoms with van der Waals surface area (Å²) in [6.45, 7) is 5.65. The minimum absolute atomic E-state index is 0.144. The van der Waals surface area contributed by atoms with Gasteiger partial charge >= 0.3 is 0 Å². The van der Waals surface area contributed by atoms with Gasteiger partial charge in [0.15, 0.2) is 0 Å². The number of fused-ring (bicyclic) bond motifs is 3. The molecule has 1 fully saturated rings. The minimum atomic E-state index is -3.89. The standard InChI is InChI=1S/C32H43ClN2O5S/c1-21(2)31-9-4-3-8-29(36)27-14-11-24(27)19-35-16-6-5-7-22-17-26(33)13-10-25(22)20-40-30-15-12-23(18-28(30)35)32(37)34-41(31,38)39/h10,12-13,15,17-18,21,24,27,29,31,36H,3-9,11,14,16,19-20H2,1-2H3,(H,34,37)/t24-,27+,29+,31+/m0/s1. The molecule has 9 heteroatoms. The summed E-state index contributed by atoms with van der Waals surface area (Å²) in [7, 11) is -3.89. The first-order valence-electron chi connectivity index (χ1n) is 15.2. The summed E-state index contributed by atoms with van der Waals surface area (Å²) in [6.07, 6.45) is 7.08. The highest BCUT2D eigenvalue weighted by Crippen LogP contribution is 2.41. The number of aryl methyl sites for hydroxylation is 1. The number of carbonyl (C=O) groups is 1. The quantitative estimate of drug-likeness (QED) is 0.409. The lowest BCUT2D eigenvalue weighted by Crippen LogP contribution is -2.44. The van der Waals surface area contributed by atoms with Crippen LogP contribution >= 0.6 is 11.6 Å². The van der Waals surface area contributed by atoms with Crippen molar-refractivity contribution < 1.29 is 23.1 Å². The molecule has 7 nitrogen and oxygen atoms in total. The van der Waals surface area contributed by atoms with Crippen LogP contribution in [0.2, 0.25) is 5.02 Å². The van der Waals surface area contributed by atoms with Crippen molar-refractivity contribution in [2.75, 3.05) is 18.0 Å². The Bertz CT molecular complexity index is 1350. The first-order chi connectivity index (χ1) is 19.6. The van der Waals surface area contributed by atoms with Crippen LogP contribution in [0.25, 0.3) is 0 Å². The zero-order chi connectivity index (χ0) is 29.1. The maximum atomic E-state index is 13.4. The van der Waals surface area contributed by atoms with E-state index < -0.39 is 21.2 Å². The van der Waals surface area contributed by atoms with E-state index in [1.165, 1.54) is 5.56 Å². The Morgan fingerprint density at radius 2 is 1.80 bits per heavy atom. The number of amides is 1. The number of rotatable bonds is 1. The molecule has 0 radical (unpaired) electrons. The number of hydrogen-bond donors (Lipinski definition) is 2. The lowest BCUT2D eigenvalue weighted by molar-refractivity contribution is 0.00932. The second-order valence-electron chi connectivity index (χ2n) is 12.4. The molecule has 0 saturated heterocycles. The number of carbonyl (C=O) groups excluding carboxylic acids is 1. The molecule has 224 valence electrons. The van der Waals surface area contributed by atoms with E-state index >= 15 is 0 Å². The highest BCUT2D eigenvalue weighted by molar-refractivity contribution is 7.90. The molecule has 2 aromatic carbocycles.